The average Bonchev–Trinajstić information content (AvgIpc) is 2.13. The molecular formula is C13H24O2. The van der Waals surface area contributed by atoms with E-state index in [9.17, 15) is 5.11 Å². The van der Waals surface area contributed by atoms with Crippen molar-refractivity contribution in [2.45, 2.75) is 52.1 Å². The molecule has 1 aliphatic rings. The van der Waals surface area contributed by atoms with Crippen molar-refractivity contribution < 1.29 is 9.84 Å². The Labute approximate surface area is 93.6 Å². The van der Waals surface area contributed by atoms with Crippen molar-refractivity contribution in [1.29, 1.82) is 0 Å². The Kier molecular flexibility index (Phi) is 5.66. The van der Waals surface area contributed by atoms with Gasteiger partial charge >= 0.3 is 0 Å². The Morgan fingerprint density at radius 1 is 1.07 bits per heavy atom. The molecule has 1 N–H and O–H groups in total. The fourth-order valence-corrected chi connectivity index (χ4v) is 1.71. The Morgan fingerprint density at radius 3 is 1.73 bits per heavy atom. The summed E-state index contributed by atoms with van der Waals surface area (Å²) in [5, 5.41) is 9.90. The second kappa shape index (κ2) is 5.96. The topological polar surface area (TPSA) is 29.5 Å². The SMILES string of the molecule is C=COC=C.CC1(C)CCCCC1(C)O. The van der Waals surface area contributed by atoms with Gasteiger partial charge in [0.25, 0.3) is 0 Å². The van der Waals surface area contributed by atoms with Gasteiger partial charge in [-0.3, -0.25) is 0 Å². The first kappa shape index (κ1) is 14.2. The first-order valence-electron chi connectivity index (χ1n) is 5.47. The quantitative estimate of drug-likeness (QED) is 0.708. The molecule has 0 saturated heterocycles. The molecule has 1 rings (SSSR count). The number of aliphatic hydroxyl groups is 1. The molecule has 15 heavy (non-hydrogen) atoms. The van der Waals surface area contributed by atoms with E-state index in [1.165, 1.54) is 31.8 Å². The van der Waals surface area contributed by atoms with Crippen molar-refractivity contribution in [2.75, 3.05) is 0 Å². The van der Waals surface area contributed by atoms with E-state index in [1.807, 2.05) is 6.92 Å². The Hall–Kier alpha value is -0.760. The molecule has 0 aliphatic heterocycles. The van der Waals surface area contributed by atoms with Gasteiger partial charge in [0.1, 0.15) is 0 Å². The summed E-state index contributed by atoms with van der Waals surface area (Å²) >= 11 is 0. The summed E-state index contributed by atoms with van der Waals surface area (Å²) < 4.78 is 4.36. The Bertz CT molecular complexity index is 183. The van der Waals surface area contributed by atoms with Crippen LogP contribution in [0.2, 0.25) is 0 Å². The van der Waals surface area contributed by atoms with Gasteiger partial charge in [0.05, 0.1) is 18.1 Å². The van der Waals surface area contributed by atoms with E-state index in [1.54, 1.807) is 0 Å². The zero-order valence-electron chi connectivity index (χ0n) is 10.3. The largest absolute Gasteiger partial charge is 0.474 e. The van der Waals surface area contributed by atoms with Crippen LogP contribution in [0.15, 0.2) is 25.7 Å². The van der Waals surface area contributed by atoms with Crippen LogP contribution in [-0.2, 0) is 4.74 Å². The van der Waals surface area contributed by atoms with E-state index in [-0.39, 0.29) is 5.41 Å². The van der Waals surface area contributed by atoms with Crippen molar-refractivity contribution in [3.8, 4) is 0 Å². The maximum Gasteiger partial charge on any atom is 0.0829 e. The van der Waals surface area contributed by atoms with Crippen LogP contribution in [0.4, 0.5) is 0 Å². The van der Waals surface area contributed by atoms with Gasteiger partial charge in [-0.1, -0.05) is 39.8 Å². The van der Waals surface area contributed by atoms with Crippen LogP contribution in [-0.4, -0.2) is 10.7 Å². The van der Waals surface area contributed by atoms with Crippen LogP contribution in [0, 0.1) is 5.41 Å². The lowest BCUT2D eigenvalue weighted by Crippen LogP contribution is -2.44. The predicted octanol–water partition coefficient (Wildman–Crippen LogP) is 3.63. The van der Waals surface area contributed by atoms with Gasteiger partial charge in [0, 0.05) is 0 Å². The molecule has 1 unspecified atom stereocenters. The highest BCUT2D eigenvalue weighted by Crippen LogP contribution is 2.43. The van der Waals surface area contributed by atoms with E-state index in [2.05, 4.69) is 31.7 Å². The van der Waals surface area contributed by atoms with E-state index in [4.69, 9.17) is 0 Å². The standard InChI is InChI=1S/C9H18O.C4H6O/c1-8(2)6-4-5-7-9(8,3)10;1-3-5-4-2/h10H,4-7H2,1-3H3;3-4H,1-2H2. The third-order valence-electron chi connectivity index (χ3n) is 3.37. The summed E-state index contributed by atoms with van der Waals surface area (Å²) in [5.41, 5.74) is -0.295. The predicted molar refractivity (Wildman–Crippen MR) is 64.4 cm³/mol. The fraction of sp³-hybridized carbons (Fsp3) is 0.692. The molecule has 0 aromatic carbocycles. The maximum absolute atomic E-state index is 9.90. The fourth-order valence-electron chi connectivity index (χ4n) is 1.71. The van der Waals surface area contributed by atoms with Gasteiger partial charge in [0.15, 0.2) is 0 Å². The van der Waals surface area contributed by atoms with Gasteiger partial charge < -0.3 is 9.84 Å². The number of ether oxygens (including phenoxy) is 1. The average molecular weight is 212 g/mol. The van der Waals surface area contributed by atoms with Crippen LogP contribution < -0.4 is 0 Å². The zero-order valence-corrected chi connectivity index (χ0v) is 10.3. The second-order valence-corrected chi connectivity index (χ2v) is 4.83. The lowest BCUT2D eigenvalue weighted by atomic mass is 9.66. The highest BCUT2D eigenvalue weighted by atomic mass is 16.5. The monoisotopic (exact) mass is 212 g/mol. The third-order valence-corrected chi connectivity index (χ3v) is 3.37. The normalized spacial score (nSPS) is 28.3. The summed E-state index contributed by atoms with van der Waals surface area (Å²) in [7, 11) is 0. The molecule has 1 fully saturated rings. The van der Waals surface area contributed by atoms with E-state index >= 15 is 0 Å². The molecule has 0 bridgehead atoms. The molecule has 0 heterocycles. The minimum atomic E-state index is -0.425. The molecule has 0 spiro atoms. The Morgan fingerprint density at radius 2 is 1.53 bits per heavy atom. The molecule has 1 atom stereocenters. The lowest BCUT2D eigenvalue weighted by molar-refractivity contribution is -0.0812. The number of rotatable bonds is 2. The molecule has 0 amide bonds. The van der Waals surface area contributed by atoms with Crippen molar-refractivity contribution in [1.82, 2.24) is 0 Å². The minimum Gasteiger partial charge on any atom is -0.474 e. The second-order valence-electron chi connectivity index (χ2n) is 4.83. The van der Waals surface area contributed by atoms with Crippen molar-refractivity contribution in [2.24, 2.45) is 5.41 Å². The maximum atomic E-state index is 9.90. The molecule has 0 aromatic rings. The molecule has 1 saturated carbocycles. The Balaban J connectivity index is 0.000000336. The number of hydrogen-bond acceptors (Lipinski definition) is 2. The molecule has 88 valence electrons. The number of hydrogen-bond donors (Lipinski definition) is 1. The van der Waals surface area contributed by atoms with Crippen molar-refractivity contribution >= 4 is 0 Å². The highest BCUT2D eigenvalue weighted by Gasteiger charge is 2.40. The lowest BCUT2D eigenvalue weighted by Gasteiger charge is -2.44. The van der Waals surface area contributed by atoms with Crippen LogP contribution in [0.5, 0.6) is 0 Å². The summed E-state index contributed by atoms with van der Waals surface area (Å²) in [6.45, 7) is 12.8. The van der Waals surface area contributed by atoms with Crippen molar-refractivity contribution in [3.63, 3.8) is 0 Å². The van der Waals surface area contributed by atoms with E-state index in [0.29, 0.717) is 0 Å². The molecule has 0 aromatic heterocycles. The molecule has 2 heteroatoms. The summed E-state index contributed by atoms with van der Waals surface area (Å²) in [4.78, 5) is 0. The molecular weight excluding hydrogens is 188 g/mol. The molecule has 2 nitrogen and oxygen atoms in total. The van der Waals surface area contributed by atoms with Crippen molar-refractivity contribution in [3.05, 3.63) is 25.7 Å². The summed E-state index contributed by atoms with van der Waals surface area (Å²) in [6, 6.07) is 0. The van der Waals surface area contributed by atoms with Gasteiger partial charge in [0.2, 0.25) is 0 Å². The van der Waals surface area contributed by atoms with Crippen LogP contribution >= 0.6 is 0 Å². The first-order valence-corrected chi connectivity index (χ1v) is 5.47. The van der Waals surface area contributed by atoms with Gasteiger partial charge in [-0.15, -0.1) is 0 Å². The van der Waals surface area contributed by atoms with Crippen LogP contribution in [0.25, 0.3) is 0 Å². The first-order chi connectivity index (χ1) is 6.87. The zero-order chi connectivity index (χ0) is 11.9. The van der Waals surface area contributed by atoms with Gasteiger partial charge in [-0.2, -0.15) is 0 Å². The van der Waals surface area contributed by atoms with Gasteiger partial charge in [-0.25, -0.2) is 0 Å². The van der Waals surface area contributed by atoms with E-state index in [0.717, 1.165) is 6.42 Å². The third kappa shape index (κ3) is 4.52. The summed E-state index contributed by atoms with van der Waals surface area (Å²) in [5.74, 6) is 0. The molecule has 0 radical (unpaired) electrons. The summed E-state index contributed by atoms with van der Waals surface area (Å²) in [6.07, 6.45) is 7.24. The molecule has 1 aliphatic carbocycles. The van der Waals surface area contributed by atoms with Gasteiger partial charge in [-0.05, 0) is 25.2 Å². The van der Waals surface area contributed by atoms with Crippen LogP contribution in [0.3, 0.4) is 0 Å². The smallest absolute Gasteiger partial charge is 0.0829 e. The van der Waals surface area contributed by atoms with E-state index < -0.39 is 5.60 Å². The highest BCUT2D eigenvalue weighted by molar-refractivity contribution is 4.92. The van der Waals surface area contributed by atoms with Crippen LogP contribution in [0.1, 0.15) is 46.5 Å². The minimum absolute atomic E-state index is 0.130.